The second-order valence-electron chi connectivity index (χ2n) is 4.28. The van der Waals surface area contributed by atoms with Crippen molar-refractivity contribution in [2.24, 2.45) is 0 Å². The number of aliphatic hydroxyl groups is 1. The number of pyridine rings is 1. The number of hydrogen-bond acceptors (Lipinski definition) is 4. The Morgan fingerprint density at radius 2 is 1.95 bits per heavy atom. The average Bonchev–Trinajstić information content (AvgIpc) is 2.48. The van der Waals surface area contributed by atoms with Crippen molar-refractivity contribution in [1.29, 1.82) is 0 Å². The van der Waals surface area contributed by atoms with Gasteiger partial charge >= 0.3 is 0 Å². The van der Waals surface area contributed by atoms with Crippen LogP contribution in [-0.4, -0.2) is 25.1 Å². The van der Waals surface area contributed by atoms with Gasteiger partial charge in [0.25, 0.3) is 5.56 Å². The monoisotopic (exact) mass is 328 g/mol. The van der Waals surface area contributed by atoms with Gasteiger partial charge in [0.15, 0.2) is 0 Å². The molecule has 1 aromatic carbocycles. The molecule has 0 saturated carbocycles. The molecule has 0 unspecified atom stereocenters. The van der Waals surface area contributed by atoms with Gasteiger partial charge in [0, 0.05) is 6.20 Å². The molecule has 8 heteroatoms. The number of benzene rings is 1. The number of aliphatic hydroxyl groups excluding tert-OH is 1. The summed E-state index contributed by atoms with van der Waals surface area (Å²) in [5.74, 6) is 0. The van der Waals surface area contributed by atoms with Gasteiger partial charge in [0.2, 0.25) is 10.0 Å². The van der Waals surface area contributed by atoms with Gasteiger partial charge in [0.05, 0.1) is 17.5 Å². The Morgan fingerprint density at radius 3 is 2.52 bits per heavy atom. The molecule has 2 aromatic rings. The molecule has 1 heterocycles. The van der Waals surface area contributed by atoms with Crippen LogP contribution in [0.1, 0.15) is 11.6 Å². The Labute approximate surface area is 126 Å². The summed E-state index contributed by atoms with van der Waals surface area (Å²) in [7, 11) is -3.92. The highest BCUT2D eigenvalue weighted by Crippen LogP contribution is 2.17. The minimum atomic E-state index is -3.92. The van der Waals surface area contributed by atoms with E-state index >= 15 is 0 Å². The first kappa shape index (κ1) is 15.7. The number of H-pyrrole nitrogens is 1. The Hall–Kier alpha value is -1.67. The van der Waals surface area contributed by atoms with Crippen LogP contribution in [0, 0.1) is 0 Å². The van der Waals surface area contributed by atoms with Crippen LogP contribution in [0.4, 0.5) is 0 Å². The molecule has 3 N–H and O–H groups in total. The van der Waals surface area contributed by atoms with E-state index in [4.69, 9.17) is 11.6 Å². The zero-order valence-corrected chi connectivity index (χ0v) is 12.4. The van der Waals surface area contributed by atoms with Crippen molar-refractivity contribution in [3.63, 3.8) is 0 Å². The lowest BCUT2D eigenvalue weighted by Gasteiger charge is -2.16. The SMILES string of the molecule is O=c1[nH]cc(S(=O)(=O)N[C@H](CO)c2ccccc2)cc1Cl. The van der Waals surface area contributed by atoms with Crippen LogP contribution in [0.5, 0.6) is 0 Å². The first-order valence-electron chi connectivity index (χ1n) is 6.00. The first-order chi connectivity index (χ1) is 9.94. The molecule has 0 aliphatic carbocycles. The summed E-state index contributed by atoms with van der Waals surface area (Å²) in [6.45, 7) is -0.402. The molecule has 0 aliphatic rings. The van der Waals surface area contributed by atoms with Gasteiger partial charge in [-0.05, 0) is 11.6 Å². The maximum Gasteiger partial charge on any atom is 0.266 e. The van der Waals surface area contributed by atoms with Crippen LogP contribution in [0.3, 0.4) is 0 Å². The summed E-state index contributed by atoms with van der Waals surface area (Å²) < 4.78 is 26.8. The molecule has 2 rings (SSSR count). The van der Waals surface area contributed by atoms with Crippen LogP contribution < -0.4 is 10.3 Å². The number of sulfonamides is 1. The molecular formula is C13H13ClN2O4S. The number of hydrogen-bond donors (Lipinski definition) is 3. The van der Waals surface area contributed by atoms with Crippen LogP contribution in [0.15, 0.2) is 52.3 Å². The van der Waals surface area contributed by atoms with Gasteiger partial charge in [-0.3, -0.25) is 4.79 Å². The van der Waals surface area contributed by atoms with Crippen molar-refractivity contribution >= 4 is 21.6 Å². The van der Waals surface area contributed by atoms with E-state index < -0.39 is 28.2 Å². The maximum atomic E-state index is 12.2. The molecule has 0 radical (unpaired) electrons. The second-order valence-corrected chi connectivity index (χ2v) is 6.40. The fourth-order valence-electron chi connectivity index (χ4n) is 1.74. The Balaban J connectivity index is 2.31. The predicted molar refractivity (Wildman–Crippen MR) is 78.7 cm³/mol. The van der Waals surface area contributed by atoms with Crippen LogP contribution in [0.25, 0.3) is 0 Å². The topological polar surface area (TPSA) is 99.3 Å². The van der Waals surface area contributed by atoms with E-state index in [9.17, 15) is 18.3 Å². The van der Waals surface area contributed by atoms with Gasteiger partial charge in [-0.1, -0.05) is 41.9 Å². The fraction of sp³-hybridized carbons (Fsp3) is 0.154. The first-order valence-corrected chi connectivity index (χ1v) is 7.86. The summed E-state index contributed by atoms with van der Waals surface area (Å²) in [5, 5.41) is 9.15. The van der Waals surface area contributed by atoms with Crippen molar-refractivity contribution < 1.29 is 13.5 Å². The number of aromatic nitrogens is 1. The van der Waals surface area contributed by atoms with Gasteiger partial charge in [0.1, 0.15) is 5.02 Å². The third-order valence-corrected chi connectivity index (χ3v) is 4.56. The lowest BCUT2D eigenvalue weighted by molar-refractivity contribution is 0.259. The zero-order valence-electron chi connectivity index (χ0n) is 10.8. The molecule has 21 heavy (non-hydrogen) atoms. The van der Waals surface area contributed by atoms with E-state index in [1.54, 1.807) is 30.3 Å². The molecule has 0 spiro atoms. The van der Waals surface area contributed by atoms with Gasteiger partial charge in [-0.2, -0.15) is 0 Å². The quantitative estimate of drug-likeness (QED) is 0.763. The lowest BCUT2D eigenvalue weighted by atomic mass is 10.1. The van der Waals surface area contributed by atoms with Gasteiger partial charge < -0.3 is 10.1 Å². The average molecular weight is 329 g/mol. The molecule has 0 fully saturated rings. The number of rotatable bonds is 5. The van der Waals surface area contributed by atoms with Crippen molar-refractivity contribution in [2.45, 2.75) is 10.9 Å². The minimum absolute atomic E-state index is 0.179. The summed E-state index contributed by atoms with van der Waals surface area (Å²) >= 11 is 5.62. The Morgan fingerprint density at radius 1 is 1.29 bits per heavy atom. The van der Waals surface area contributed by atoms with E-state index in [2.05, 4.69) is 9.71 Å². The molecule has 0 amide bonds. The molecule has 0 bridgehead atoms. The summed E-state index contributed by atoms with van der Waals surface area (Å²) in [6, 6.07) is 8.93. The van der Waals surface area contributed by atoms with E-state index in [1.807, 2.05) is 0 Å². The normalized spacial score (nSPS) is 13.0. The smallest absolute Gasteiger partial charge is 0.266 e. The summed E-state index contributed by atoms with van der Waals surface area (Å²) in [4.78, 5) is 13.2. The number of nitrogens with one attached hydrogen (secondary N) is 2. The number of aromatic amines is 1. The van der Waals surface area contributed by atoms with Gasteiger partial charge in [-0.15, -0.1) is 0 Å². The standard InChI is InChI=1S/C13H13ClN2O4S/c14-11-6-10(7-15-13(11)18)21(19,20)16-12(8-17)9-4-2-1-3-5-9/h1-7,12,16-17H,8H2,(H,15,18)/t12-/m1/s1. The lowest BCUT2D eigenvalue weighted by Crippen LogP contribution is -2.31. The summed E-state index contributed by atoms with van der Waals surface area (Å²) in [6.07, 6.45) is 1.05. The third kappa shape index (κ3) is 3.70. The van der Waals surface area contributed by atoms with E-state index in [1.165, 1.54) is 0 Å². The fourth-order valence-corrected chi connectivity index (χ4v) is 3.19. The molecule has 0 saturated heterocycles. The second kappa shape index (κ2) is 6.40. The van der Waals surface area contributed by atoms with E-state index in [0.29, 0.717) is 5.56 Å². The largest absolute Gasteiger partial charge is 0.394 e. The highest BCUT2D eigenvalue weighted by atomic mass is 35.5. The highest BCUT2D eigenvalue weighted by Gasteiger charge is 2.21. The minimum Gasteiger partial charge on any atom is -0.394 e. The predicted octanol–water partition coefficient (Wildman–Crippen LogP) is 1.04. The van der Waals surface area contributed by atoms with Crippen LogP contribution in [-0.2, 0) is 10.0 Å². The Bertz CT molecular complexity index is 774. The highest BCUT2D eigenvalue weighted by molar-refractivity contribution is 7.89. The maximum absolute atomic E-state index is 12.2. The molecule has 1 atom stereocenters. The Kier molecular flexibility index (Phi) is 4.79. The summed E-state index contributed by atoms with van der Waals surface area (Å²) in [5.41, 5.74) is 0.0523. The van der Waals surface area contributed by atoms with Crippen molar-refractivity contribution in [2.75, 3.05) is 6.61 Å². The van der Waals surface area contributed by atoms with Crippen molar-refractivity contribution in [1.82, 2.24) is 9.71 Å². The third-order valence-electron chi connectivity index (χ3n) is 2.82. The molecular weight excluding hydrogens is 316 g/mol. The molecule has 112 valence electrons. The van der Waals surface area contributed by atoms with Crippen molar-refractivity contribution in [3.05, 3.63) is 63.5 Å². The van der Waals surface area contributed by atoms with Crippen LogP contribution in [0.2, 0.25) is 5.02 Å². The van der Waals surface area contributed by atoms with Crippen molar-refractivity contribution in [3.8, 4) is 0 Å². The van der Waals surface area contributed by atoms with E-state index in [-0.39, 0.29) is 9.92 Å². The number of halogens is 1. The van der Waals surface area contributed by atoms with Crippen LogP contribution >= 0.6 is 11.6 Å². The molecule has 1 aromatic heterocycles. The molecule has 6 nitrogen and oxygen atoms in total. The van der Waals surface area contributed by atoms with Gasteiger partial charge in [-0.25, -0.2) is 13.1 Å². The molecule has 0 aliphatic heterocycles. The zero-order chi connectivity index (χ0) is 15.5. The van der Waals surface area contributed by atoms with E-state index in [0.717, 1.165) is 12.3 Å².